The molecule has 0 aromatic heterocycles. The summed E-state index contributed by atoms with van der Waals surface area (Å²) in [6, 6.07) is 16.6. The topological polar surface area (TPSA) is 64.3 Å². The molecular weight excluding hydrogens is 479 g/mol. The quantitative estimate of drug-likeness (QED) is 0.321. The van der Waals surface area contributed by atoms with E-state index in [-0.39, 0.29) is 0 Å². The first-order valence-electron chi connectivity index (χ1n) is 12.2. The fraction of sp³-hybridized carbons (Fsp3) is 0.345. The molecule has 3 rings (SSSR count). The minimum absolute atomic E-state index is 0.493. The SMILES string of the molecule is CC.CCc1cc(Cl)cc(CC)c1N.CCc1cc(Cl)cc(CC)c1NC(=O)Oc1ccccc1. The van der Waals surface area contributed by atoms with Crippen molar-refractivity contribution in [2.45, 2.75) is 67.2 Å². The van der Waals surface area contributed by atoms with Gasteiger partial charge in [-0.1, -0.05) is 82.9 Å². The Morgan fingerprint density at radius 3 is 1.57 bits per heavy atom. The van der Waals surface area contributed by atoms with Crippen molar-refractivity contribution in [3.05, 3.63) is 86.9 Å². The van der Waals surface area contributed by atoms with Crippen LogP contribution in [0.25, 0.3) is 0 Å². The van der Waals surface area contributed by atoms with Crippen LogP contribution in [0.2, 0.25) is 10.0 Å². The van der Waals surface area contributed by atoms with Gasteiger partial charge in [0, 0.05) is 15.7 Å². The number of nitrogens with two attached hydrogens (primary N) is 1. The molecule has 35 heavy (non-hydrogen) atoms. The van der Waals surface area contributed by atoms with Gasteiger partial charge in [-0.15, -0.1) is 0 Å². The molecule has 6 heteroatoms. The molecule has 3 N–H and O–H groups in total. The second-order valence-corrected chi connectivity index (χ2v) is 8.35. The predicted octanol–water partition coefficient (Wildman–Crippen LogP) is 9.15. The van der Waals surface area contributed by atoms with E-state index in [1.54, 1.807) is 12.1 Å². The third-order valence-corrected chi connectivity index (χ3v) is 5.72. The Hall–Kier alpha value is -2.69. The van der Waals surface area contributed by atoms with Gasteiger partial charge in [-0.25, -0.2) is 4.79 Å². The number of rotatable bonds is 6. The first-order chi connectivity index (χ1) is 16.8. The van der Waals surface area contributed by atoms with E-state index in [4.69, 9.17) is 33.7 Å². The molecule has 4 nitrogen and oxygen atoms in total. The zero-order chi connectivity index (χ0) is 26.4. The number of aryl methyl sites for hydroxylation is 4. The molecule has 1 amide bonds. The van der Waals surface area contributed by atoms with Crippen molar-refractivity contribution < 1.29 is 9.53 Å². The molecule has 3 aromatic rings. The molecule has 0 bridgehead atoms. The van der Waals surface area contributed by atoms with E-state index in [0.29, 0.717) is 10.8 Å². The molecule has 0 saturated heterocycles. The van der Waals surface area contributed by atoms with Crippen LogP contribution >= 0.6 is 23.2 Å². The zero-order valence-electron chi connectivity index (χ0n) is 21.7. The van der Waals surface area contributed by atoms with Crippen LogP contribution in [0.5, 0.6) is 5.75 Å². The Bertz CT molecular complexity index is 1020. The first-order valence-corrected chi connectivity index (χ1v) is 13.0. The third-order valence-electron chi connectivity index (χ3n) is 5.29. The van der Waals surface area contributed by atoms with E-state index < -0.39 is 6.09 Å². The number of hydrogen-bond acceptors (Lipinski definition) is 3. The smallest absolute Gasteiger partial charge is 0.410 e. The van der Waals surface area contributed by atoms with Crippen molar-refractivity contribution >= 4 is 40.7 Å². The lowest BCUT2D eigenvalue weighted by Crippen LogP contribution is -2.19. The maximum Gasteiger partial charge on any atom is 0.417 e. The normalized spacial score (nSPS) is 9.83. The number of nitrogen functional groups attached to an aromatic ring is 1. The summed E-state index contributed by atoms with van der Waals surface area (Å²) in [7, 11) is 0. The fourth-order valence-electron chi connectivity index (χ4n) is 3.49. The van der Waals surface area contributed by atoms with Crippen molar-refractivity contribution in [2.24, 2.45) is 0 Å². The predicted molar refractivity (Wildman–Crippen MR) is 152 cm³/mol. The third kappa shape index (κ3) is 9.46. The van der Waals surface area contributed by atoms with Gasteiger partial charge in [0.1, 0.15) is 5.75 Å². The first kappa shape index (κ1) is 30.3. The number of carbonyl (C=O) groups excluding carboxylic acids is 1. The number of benzene rings is 3. The minimum atomic E-state index is -0.493. The van der Waals surface area contributed by atoms with E-state index in [1.165, 1.54) is 0 Å². The molecule has 0 saturated carbocycles. The molecule has 0 spiro atoms. The number of para-hydroxylation sites is 1. The number of anilines is 2. The minimum Gasteiger partial charge on any atom is -0.410 e. The van der Waals surface area contributed by atoms with Crippen molar-refractivity contribution in [1.82, 2.24) is 0 Å². The maximum atomic E-state index is 12.0. The standard InChI is InChI=1S/C17H18ClNO2.C10H14ClN.C2H6/c1-3-12-10-14(18)11-13(4-2)16(12)19-17(20)21-15-8-6-5-7-9-15;1-3-7-5-9(11)6-8(4-2)10(7)12;1-2/h5-11H,3-4H2,1-2H3,(H,19,20);5-6H,3-4,12H2,1-2H3;1-2H3. The van der Waals surface area contributed by atoms with Crippen LogP contribution in [0.4, 0.5) is 16.2 Å². The maximum absolute atomic E-state index is 12.0. The molecule has 0 aliphatic rings. The second kappa shape index (κ2) is 16.1. The molecule has 0 heterocycles. The molecule has 190 valence electrons. The molecule has 0 atom stereocenters. The van der Waals surface area contributed by atoms with Gasteiger partial charge in [-0.05, 0) is 84.3 Å². The van der Waals surface area contributed by atoms with Crippen LogP contribution in [0.1, 0.15) is 63.8 Å². The lowest BCUT2D eigenvalue weighted by atomic mass is 10.0. The lowest BCUT2D eigenvalue weighted by Gasteiger charge is -2.15. The van der Waals surface area contributed by atoms with Crippen molar-refractivity contribution in [3.63, 3.8) is 0 Å². The Balaban J connectivity index is 0.000000372. The second-order valence-electron chi connectivity index (χ2n) is 7.48. The summed E-state index contributed by atoms with van der Waals surface area (Å²) < 4.78 is 5.26. The zero-order valence-corrected chi connectivity index (χ0v) is 23.2. The van der Waals surface area contributed by atoms with Gasteiger partial charge in [0.2, 0.25) is 0 Å². The van der Waals surface area contributed by atoms with Gasteiger partial charge in [0.25, 0.3) is 0 Å². The Morgan fingerprint density at radius 2 is 1.17 bits per heavy atom. The van der Waals surface area contributed by atoms with E-state index in [0.717, 1.165) is 64.3 Å². The van der Waals surface area contributed by atoms with Crippen LogP contribution in [0.3, 0.4) is 0 Å². The monoisotopic (exact) mass is 516 g/mol. The Morgan fingerprint density at radius 1 is 0.771 bits per heavy atom. The number of halogens is 2. The molecule has 0 unspecified atom stereocenters. The Kier molecular flexibility index (Phi) is 13.9. The fourth-order valence-corrected chi connectivity index (χ4v) is 4.01. The van der Waals surface area contributed by atoms with Gasteiger partial charge in [-0.2, -0.15) is 0 Å². The molecule has 3 aromatic carbocycles. The van der Waals surface area contributed by atoms with Crippen LogP contribution in [-0.2, 0) is 25.7 Å². The van der Waals surface area contributed by atoms with Crippen LogP contribution < -0.4 is 15.8 Å². The largest absolute Gasteiger partial charge is 0.417 e. The molecule has 0 aliphatic heterocycles. The molecule has 0 radical (unpaired) electrons. The molecule has 0 fully saturated rings. The highest BCUT2D eigenvalue weighted by Crippen LogP contribution is 2.28. The lowest BCUT2D eigenvalue weighted by molar-refractivity contribution is 0.215. The van der Waals surface area contributed by atoms with Gasteiger partial charge in [-0.3, -0.25) is 5.32 Å². The molecular formula is C29H38Cl2N2O2. The van der Waals surface area contributed by atoms with Gasteiger partial charge < -0.3 is 10.5 Å². The summed E-state index contributed by atoms with van der Waals surface area (Å²) in [6.45, 7) is 12.2. The number of hydrogen-bond donors (Lipinski definition) is 2. The Labute approximate surface area is 220 Å². The van der Waals surface area contributed by atoms with Crippen molar-refractivity contribution in [2.75, 3.05) is 11.1 Å². The van der Waals surface area contributed by atoms with Crippen LogP contribution in [0, 0.1) is 0 Å². The summed E-state index contributed by atoms with van der Waals surface area (Å²) in [6.07, 6.45) is 2.97. The van der Waals surface area contributed by atoms with Crippen molar-refractivity contribution in [1.29, 1.82) is 0 Å². The van der Waals surface area contributed by atoms with E-state index in [1.807, 2.05) is 70.2 Å². The van der Waals surface area contributed by atoms with Gasteiger partial charge >= 0.3 is 6.09 Å². The van der Waals surface area contributed by atoms with E-state index in [2.05, 4.69) is 19.2 Å². The van der Waals surface area contributed by atoms with Gasteiger partial charge in [0.05, 0.1) is 5.69 Å². The van der Waals surface area contributed by atoms with Crippen LogP contribution in [-0.4, -0.2) is 6.09 Å². The average molecular weight is 518 g/mol. The van der Waals surface area contributed by atoms with Crippen molar-refractivity contribution in [3.8, 4) is 5.75 Å². The highest BCUT2D eigenvalue weighted by Gasteiger charge is 2.13. The number of carbonyl (C=O) groups is 1. The number of amides is 1. The van der Waals surface area contributed by atoms with Gasteiger partial charge in [0.15, 0.2) is 0 Å². The number of nitrogens with one attached hydrogen (secondary N) is 1. The van der Waals surface area contributed by atoms with E-state index in [9.17, 15) is 4.79 Å². The highest BCUT2D eigenvalue weighted by atomic mass is 35.5. The molecule has 0 aliphatic carbocycles. The number of ether oxygens (including phenoxy) is 1. The van der Waals surface area contributed by atoms with E-state index >= 15 is 0 Å². The summed E-state index contributed by atoms with van der Waals surface area (Å²) in [5.74, 6) is 0.514. The summed E-state index contributed by atoms with van der Waals surface area (Å²) in [5, 5.41) is 4.31. The van der Waals surface area contributed by atoms with Crippen LogP contribution in [0.15, 0.2) is 54.6 Å². The summed E-state index contributed by atoms with van der Waals surface area (Å²) in [4.78, 5) is 12.0. The summed E-state index contributed by atoms with van der Waals surface area (Å²) >= 11 is 12.0. The highest BCUT2D eigenvalue weighted by molar-refractivity contribution is 6.31. The summed E-state index contributed by atoms with van der Waals surface area (Å²) in [5.41, 5.74) is 11.9. The average Bonchev–Trinajstić information content (AvgIpc) is 2.88.